The number of hydrogen-bond acceptors (Lipinski definition) is 4. The molecule has 0 aromatic heterocycles. The van der Waals surface area contributed by atoms with Crippen molar-refractivity contribution in [1.82, 2.24) is 15.1 Å². The van der Waals surface area contributed by atoms with E-state index in [1.54, 1.807) is 12.1 Å². The van der Waals surface area contributed by atoms with Gasteiger partial charge >= 0.3 is 0 Å². The van der Waals surface area contributed by atoms with E-state index >= 15 is 0 Å². The zero-order chi connectivity index (χ0) is 22.1. The molecule has 0 spiro atoms. The van der Waals surface area contributed by atoms with Gasteiger partial charge in [0.2, 0.25) is 5.91 Å². The fraction of sp³-hybridized carbons (Fsp3) is 0.458. The molecule has 1 aliphatic heterocycles. The molecule has 7 heteroatoms. The largest absolute Gasteiger partial charge is 0.355 e. The highest BCUT2D eigenvalue weighted by molar-refractivity contribution is 7.99. The van der Waals surface area contributed by atoms with Gasteiger partial charge < -0.3 is 10.2 Å². The highest BCUT2D eigenvalue weighted by Crippen LogP contribution is 2.30. The Bertz CT molecular complexity index is 813. The lowest BCUT2D eigenvalue weighted by Crippen LogP contribution is -2.42. The smallest absolute Gasteiger partial charge is 0.288 e. The van der Waals surface area contributed by atoms with Crippen molar-refractivity contribution in [1.29, 1.82) is 0 Å². The molecular weight excluding hydrogens is 416 g/mol. The molecule has 168 valence electrons. The summed E-state index contributed by atoms with van der Waals surface area (Å²) >= 11 is 0.603. The summed E-state index contributed by atoms with van der Waals surface area (Å²) in [5, 5.41) is 3.08. The standard InChI is InChI=1S/C24H31F2N3OS/c1-28(17-19-7-3-2-4-8-19)16-13-27-23(30)20-11-14-29(15-12-20)18-21-9-5-6-10-22(21)31-24(25)26/h2-10,20,24H,11-18H2,1H3,(H,27,30). The molecule has 0 atom stereocenters. The lowest BCUT2D eigenvalue weighted by atomic mass is 9.95. The molecular formula is C24H31F2N3OS. The molecule has 31 heavy (non-hydrogen) atoms. The van der Waals surface area contributed by atoms with Crippen LogP contribution in [-0.2, 0) is 17.9 Å². The number of halogens is 2. The first kappa shape index (κ1) is 23.7. The zero-order valence-electron chi connectivity index (χ0n) is 18.0. The average Bonchev–Trinajstić information content (AvgIpc) is 2.76. The predicted octanol–water partition coefficient (Wildman–Crippen LogP) is 4.46. The van der Waals surface area contributed by atoms with Crippen LogP contribution in [0.25, 0.3) is 0 Å². The van der Waals surface area contributed by atoms with Gasteiger partial charge in [-0.1, -0.05) is 60.3 Å². The monoisotopic (exact) mass is 447 g/mol. The quantitative estimate of drug-likeness (QED) is 0.546. The van der Waals surface area contributed by atoms with Crippen LogP contribution in [0.1, 0.15) is 24.0 Å². The first-order valence-corrected chi connectivity index (χ1v) is 11.6. The summed E-state index contributed by atoms with van der Waals surface area (Å²) in [5.41, 5.74) is 2.19. The SMILES string of the molecule is CN(CCNC(=O)C1CCN(Cc2ccccc2SC(F)F)CC1)Cc1ccccc1. The minimum atomic E-state index is -2.41. The Balaban J connectivity index is 1.37. The molecule has 0 bridgehead atoms. The van der Waals surface area contributed by atoms with E-state index in [9.17, 15) is 13.6 Å². The minimum absolute atomic E-state index is 0.0290. The maximum Gasteiger partial charge on any atom is 0.288 e. The Morgan fingerprint density at radius 3 is 2.52 bits per heavy atom. The van der Waals surface area contributed by atoms with Gasteiger partial charge in [-0.2, -0.15) is 8.78 Å². The van der Waals surface area contributed by atoms with Crippen molar-refractivity contribution >= 4 is 17.7 Å². The van der Waals surface area contributed by atoms with E-state index in [1.807, 2.05) is 30.3 Å². The Hall–Kier alpha value is -1.96. The van der Waals surface area contributed by atoms with E-state index in [1.165, 1.54) is 5.56 Å². The van der Waals surface area contributed by atoms with Gasteiger partial charge in [-0.15, -0.1) is 0 Å². The Morgan fingerprint density at radius 2 is 1.81 bits per heavy atom. The van der Waals surface area contributed by atoms with Crippen LogP contribution in [0.3, 0.4) is 0 Å². The number of nitrogens with one attached hydrogen (secondary N) is 1. The Kier molecular flexibility index (Phi) is 9.31. The topological polar surface area (TPSA) is 35.6 Å². The number of piperidine rings is 1. The number of amides is 1. The van der Waals surface area contributed by atoms with Gasteiger partial charge in [0.1, 0.15) is 0 Å². The summed E-state index contributed by atoms with van der Waals surface area (Å²) in [6.07, 6.45) is 1.60. The first-order valence-electron chi connectivity index (χ1n) is 10.8. The van der Waals surface area contributed by atoms with Gasteiger partial charge in [-0.3, -0.25) is 9.69 Å². The van der Waals surface area contributed by atoms with Gasteiger partial charge in [0.05, 0.1) is 0 Å². The van der Waals surface area contributed by atoms with Crippen LogP contribution in [0.2, 0.25) is 0 Å². The summed E-state index contributed by atoms with van der Waals surface area (Å²) < 4.78 is 25.6. The van der Waals surface area contributed by atoms with Gasteiger partial charge in [0, 0.05) is 37.0 Å². The van der Waals surface area contributed by atoms with Crippen molar-refractivity contribution in [3.63, 3.8) is 0 Å². The van der Waals surface area contributed by atoms with E-state index in [-0.39, 0.29) is 11.8 Å². The van der Waals surface area contributed by atoms with Crippen LogP contribution in [0.5, 0.6) is 0 Å². The number of thioether (sulfide) groups is 1. The molecule has 0 radical (unpaired) electrons. The highest BCUT2D eigenvalue weighted by atomic mass is 32.2. The van der Waals surface area contributed by atoms with Crippen LogP contribution in [-0.4, -0.2) is 54.7 Å². The number of rotatable bonds is 10. The van der Waals surface area contributed by atoms with Gasteiger partial charge in [-0.25, -0.2) is 0 Å². The second-order valence-electron chi connectivity index (χ2n) is 8.05. The number of nitrogens with zero attached hydrogens (tertiary/aromatic N) is 2. The molecule has 1 fully saturated rings. The summed E-state index contributed by atoms with van der Waals surface area (Å²) in [6, 6.07) is 17.6. The molecule has 0 saturated carbocycles. The summed E-state index contributed by atoms with van der Waals surface area (Å²) in [6.45, 7) is 4.56. The summed E-state index contributed by atoms with van der Waals surface area (Å²) in [7, 11) is 2.06. The molecule has 1 heterocycles. The number of carbonyl (C=O) groups is 1. The normalized spacial score (nSPS) is 15.5. The van der Waals surface area contributed by atoms with Crippen LogP contribution < -0.4 is 5.32 Å². The zero-order valence-corrected chi connectivity index (χ0v) is 18.8. The van der Waals surface area contributed by atoms with Crippen LogP contribution >= 0.6 is 11.8 Å². The molecule has 0 aliphatic carbocycles. The fourth-order valence-electron chi connectivity index (χ4n) is 3.93. The molecule has 2 aromatic rings. The number of carbonyl (C=O) groups excluding carboxylic acids is 1. The minimum Gasteiger partial charge on any atom is -0.355 e. The van der Waals surface area contributed by atoms with Crippen molar-refractivity contribution in [3.05, 3.63) is 65.7 Å². The van der Waals surface area contributed by atoms with Gasteiger partial charge in [0.25, 0.3) is 5.76 Å². The number of benzene rings is 2. The molecule has 4 nitrogen and oxygen atoms in total. The fourth-order valence-corrected chi connectivity index (χ4v) is 4.56. The molecule has 1 amide bonds. The molecule has 1 saturated heterocycles. The Labute approximate surface area is 188 Å². The predicted molar refractivity (Wildman–Crippen MR) is 122 cm³/mol. The number of alkyl halides is 2. The van der Waals surface area contributed by atoms with Crippen molar-refractivity contribution in [3.8, 4) is 0 Å². The second kappa shape index (κ2) is 12.2. The van der Waals surface area contributed by atoms with Crippen molar-refractivity contribution in [2.45, 2.75) is 36.6 Å². The van der Waals surface area contributed by atoms with E-state index in [0.29, 0.717) is 29.7 Å². The number of hydrogen-bond donors (Lipinski definition) is 1. The Morgan fingerprint density at radius 1 is 1.13 bits per heavy atom. The van der Waals surface area contributed by atoms with E-state index in [4.69, 9.17) is 0 Å². The third kappa shape index (κ3) is 7.91. The average molecular weight is 448 g/mol. The maximum absolute atomic E-state index is 12.8. The third-order valence-corrected chi connectivity index (χ3v) is 6.46. The van der Waals surface area contributed by atoms with E-state index in [0.717, 1.165) is 44.6 Å². The summed E-state index contributed by atoms with van der Waals surface area (Å²) in [4.78, 5) is 17.6. The van der Waals surface area contributed by atoms with Crippen LogP contribution in [0.15, 0.2) is 59.5 Å². The van der Waals surface area contributed by atoms with Gasteiger partial charge in [0.15, 0.2) is 0 Å². The van der Waals surface area contributed by atoms with Gasteiger partial charge in [-0.05, 0) is 50.2 Å². The highest BCUT2D eigenvalue weighted by Gasteiger charge is 2.25. The molecule has 1 aliphatic rings. The molecule has 3 rings (SSSR count). The van der Waals surface area contributed by atoms with Crippen molar-refractivity contribution in [2.24, 2.45) is 5.92 Å². The summed E-state index contributed by atoms with van der Waals surface area (Å²) in [5.74, 6) is -2.26. The molecule has 0 unspecified atom stereocenters. The first-order chi connectivity index (χ1) is 15.0. The molecule has 2 aromatic carbocycles. The molecule has 1 N–H and O–H groups in total. The lowest BCUT2D eigenvalue weighted by molar-refractivity contribution is -0.126. The van der Waals surface area contributed by atoms with E-state index in [2.05, 4.69) is 34.3 Å². The number of likely N-dealkylation sites (N-methyl/N-ethyl adjacent to an activating group) is 1. The van der Waals surface area contributed by atoms with Crippen LogP contribution in [0.4, 0.5) is 8.78 Å². The van der Waals surface area contributed by atoms with Crippen molar-refractivity contribution < 1.29 is 13.6 Å². The second-order valence-corrected chi connectivity index (χ2v) is 9.08. The number of likely N-dealkylation sites (tertiary alicyclic amines) is 1. The van der Waals surface area contributed by atoms with E-state index < -0.39 is 5.76 Å². The van der Waals surface area contributed by atoms with Crippen LogP contribution in [0, 0.1) is 5.92 Å². The van der Waals surface area contributed by atoms with Crippen molar-refractivity contribution in [2.75, 3.05) is 33.2 Å². The third-order valence-electron chi connectivity index (χ3n) is 5.63. The lowest BCUT2D eigenvalue weighted by Gasteiger charge is -2.31. The maximum atomic E-state index is 12.8.